The van der Waals surface area contributed by atoms with Gasteiger partial charge in [-0.05, 0) is 0 Å². The van der Waals surface area contributed by atoms with Gasteiger partial charge in [-0.2, -0.15) is 0 Å². The maximum Gasteiger partial charge on any atom is 0.189 e. The van der Waals surface area contributed by atoms with Crippen molar-refractivity contribution in [2.75, 3.05) is 19.8 Å². The van der Waals surface area contributed by atoms with Crippen molar-refractivity contribution in [3.63, 3.8) is 0 Å². The van der Waals surface area contributed by atoms with Crippen molar-refractivity contribution in [2.24, 2.45) is 0 Å². The second-order valence-electron chi connectivity index (χ2n) is 5.12. The van der Waals surface area contributed by atoms with Gasteiger partial charge >= 0.3 is 0 Å². The molecular formula is C12H22O11. The third-order valence-corrected chi connectivity index (χ3v) is 3.49. The van der Waals surface area contributed by atoms with Crippen LogP contribution in [0.3, 0.4) is 0 Å². The minimum absolute atomic E-state index is 0.731. The van der Waals surface area contributed by atoms with Crippen LogP contribution in [0.4, 0.5) is 0 Å². The molecule has 1 saturated heterocycles. The van der Waals surface area contributed by atoms with Crippen LogP contribution < -0.4 is 0 Å². The summed E-state index contributed by atoms with van der Waals surface area (Å²) in [6, 6.07) is 0. The van der Waals surface area contributed by atoms with E-state index in [1.807, 2.05) is 0 Å². The van der Waals surface area contributed by atoms with Crippen LogP contribution >= 0.6 is 0 Å². The quantitative estimate of drug-likeness (QED) is 0.209. The van der Waals surface area contributed by atoms with Gasteiger partial charge in [-0.25, -0.2) is 0 Å². The molecule has 0 radical (unpaired) electrons. The maximum absolute atomic E-state index is 11.6. The van der Waals surface area contributed by atoms with Crippen molar-refractivity contribution in [2.45, 2.75) is 49.0 Å². The lowest BCUT2D eigenvalue weighted by Crippen LogP contribution is -2.61. The van der Waals surface area contributed by atoms with Crippen LogP contribution in [0.25, 0.3) is 0 Å². The van der Waals surface area contributed by atoms with E-state index >= 15 is 0 Å². The number of aliphatic hydroxyl groups is 8. The molecule has 8 N–H and O–H groups in total. The number of hydrogen-bond donors (Lipinski definition) is 8. The number of carbonyl (C=O) groups is 1. The van der Waals surface area contributed by atoms with E-state index in [4.69, 9.17) is 24.8 Å². The average molecular weight is 342 g/mol. The highest BCUT2D eigenvalue weighted by Crippen LogP contribution is 2.24. The topological polar surface area (TPSA) is 197 Å². The molecule has 136 valence electrons. The molecule has 1 fully saturated rings. The van der Waals surface area contributed by atoms with E-state index in [-0.39, 0.29) is 0 Å². The van der Waals surface area contributed by atoms with Crippen molar-refractivity contribution >= 4 is 5.78 Å². The molecule has 23 heavy (non-hydrogen) atoms. The van der Waals surface area contributed by atoms with Gasteiger partial charge in [0.2, 0.25) is 0 Å². The van der Waals surface area contributed by atoms with E-state index in [9.17, 15) is 30.3 Å². The Morgan fingerprint density at radius 3 is 2.13 bits per heavy atom. The summed E-state index contributed by atoms with van der Waals surface area (Å²) in [5.41, 5.74) is 0. The van der Waals surface area contributed by atoms with E-state index < -0.39 is 74.6 Å². The largest absolute Gasteiger partial charge is 0.394 e. The van der Waals surface area contributed by atoms with E-state index in [2.05, 4.69) is 0 Å². The Bertz CT molecular complexity index is 376. The monoisotopic (exact) mass is 342 g/mol. The summed E-state index contributed by atoms with van der Waals surface area (Å²) in [6.07, 6.45) is -13.9. The Hall–Kier alpha value is -0.730. The number of ketones is 1. The molecule has 0 aromatic carbocycles. The summed E-state index contributed by atoms with van der Waals surface area (Å²) >= 11 is 0. The Kier molecular flexibility index (Phi) is 7.89. The Balaban J connectivity index is 2.91. The van der Waals surface area contributed by atoms with Crippen molar-refractivity contribution in [3.8, 4) is 0 Å². The number of rotatable bonds is 8. The summed E-state index contributed by atoms with van der Waals surface area (Å²) in [5.74, 6) is -1.08. The number of carbonyl (C=O) groups excluding carboxylic acids is 1. The van der Waals surface area contributed by atoms with Crippen LogP contribution in [0.15, 0.2) is 0 Å². The van der Waals surface area contributed by atoms with Crippen molar-refractivity contribution in [3.05, 3.63) is 0 Å². The molecule has 0 aromatic heterocycles. The van der Waals surface area contributed by atoms with Crippen LogP contribution in [0.1, 0.15) is 0 Å². The predicted octanol–water partition coefficient (Wildman–Crippen LogP) is -5.55. The first-order valence-corrected chi connectivity index (χ1v) is 6.85. The standard InChI is InChI=1S/C12H22O11/c13-1-4(16)7(18)11(5(17)2-14)23-12-10(21)9(20)8(19)6(3-15)22-12/h4,6-16,18-21H,1-3H2/t4-,6-,7-,8+,9+,10+,11-,12+/m1/s1. The van der Waals surface area contributed by atoms with Gasteiger partial charge in [0.05, 0.1) is 13.2 Å². The Morgan fingerprint density at radius 1 is 1.04 bits per heavy atom. The fourth-order valence-corrected chi connectivity index (χ4v) is 2.07. The van der Waals surface area contributed by atoms with Gasteiger partial charge in [-0.1, -0.05) is 0 Å². The highest BCUT2D eigenvalue weighted by atomic mass is 16.7. The fraction of sp³-hybridized carbons (Fsp3) is 0.917. The SMILES string of the molecule is O=C(CO)[C@@H](O[C@@H]1O[C@H](CO)[C@H](O)[C@H](O)[C@@H]1O)[C@H](O)[C@H](O)CO. The molecule has 11 nitrogen and oxygen atoms in total. The minimum atomic E-state index is -1.95. The van der Waals surface area contributed by atoms with Gasteiger partial charge in [0.15, 0.2) is 12.1 Å². The number of Topliss-reactive ketones (excluding diaryl/α,β-unsaturated/α-hetero) is 1. The second kappa shape index (κ2) is 8.94. The Morgan fingerprint density at radius 2 is 1.65 bits per heavy atom. The zero-order chi connectivity index (χ0) is 17.7. The third-order valence-electron chi connectivity index (χ3n) is 3.49. The summed E-state index contributed by atoms with van der Waals surface area (Å²) in [7, 11) is 0. The van der Waals surface area contributed by atoms with Gasteiger partial charge in [0, 0.05) is 0 Å². The average Bonchev–Trinajstić information content (AvgIpc) is 2.57. The predicted molar refractivity (Wildman–Crippen MR) is 69.8 cm³/mol. The summed E-state index contributed by atoms with van der Waals surface area (Å²) in [5, 5.41) is 74.9. The number of hydrogen-bond acceptors (Lipinski definition) is 11. The lowest BCUT2D eigenvalue weighted by atomic mass is 9.98. The molecular weight excluding hydrogens is 320 g/mol. The molecule has 8 atom stereocenters. The molecule has 0 spiro atoms. The summed E-state index contributed by atoms with van der Waals surface area (Å²) in [4.78, 5) is 11.6. The zero-order valence-electron chi connectivity index (χ0n) is 12.0. The second-order valence-corrected chi connectivity index (χ2v) is 5.12. The van der Waals surface area contributed by atoms with E-state index in [0.717, 1.165) is 0 Å². The molecule has 1 heterocycles. The zero-order valence-corrected chi connectivity index (χ0v) is 12.0. The lowest BCUT2D eigenvalue weighted by Gasteiger charge is -2.41. The normalized spacial score (nSPS) is 35.6. The minimum Gasteiger partial charge on any atom is -0.394 e. The molecule has 1 rings (SSSR count). The van der Waals surface area contributed by atoms with E-state index in [1.165, 1.54) is 0 Å². The van der Waals surface area contributed by atoms with Crippen molar-refractivity contribution in [1.29, 1.82) is 0 Å². The molecule has 0 aromatic rings. The van der Waals surface area contributed by atoms with Crippen LogP contribution in [0.5, 0.6) is 0 Å². The number of aliphatic hydroxyl groups excluding tert-OH is 8. The molecule has 0 bridgehead atoms. The highest BCUT2D eigenvalue weighted by Gasteiger charge is 2.46. The third kappa shape index (κ3) is 4.64. The molecule has 0 saturated carbocycles. The van der Waals surface area contributed by atoms with E-state index in [0.29, 0.717) is 0 Å². The van der Waals surface area contributed by atoms with Crippen LogP contribution in [0.2, 0.25) is 0 Å². The highest BCUT2D eigenvalue weighted by molar-refractivity contribution is 5.84. The molecule has 0 unspecified atom stereocenters. The van der Waals surface area contributed by atoms with Gasteiger partial charge < -0.3 is 50.3 Å². The van der Waals surface area contributed by atoms with Crippen molar-refractivity contribution in [1.82, 2.24) is 0 Å². The first-order valence-electron chi connectivity index (χ1n) is 6.85. The smallest absolute Gasteiger partial charge is 0.189 e. The van der Waals surface area contributed by atoms with Gasteiger partial charge in [-0.15, -0.1) is 0 Å². The molecule has 1 aliphatic rings. The molecule has 11 heteroatoms. The lowest BCUT2D eigenvalue weighted by molar-refractivity contribution is -0.315. The van der Waals surface area contributed by atoms with Crippen LogP contribution in [-0.4, -0.2) is 115 Å². The number of ether oxygens (including phenoxy) is 2. The summed E-state index contributed by atoms with van der Waals surface area (Å²) in [6.45, 7) is -2.71. The van der Waals surface area contributed by atoms with Crippen LogP contribution in [0, 0.1) is 0 Å². The molecule has 1 aliphatic heterocycles. The Labute approximate surface area is 130 Å². The van der Waals surface area contributed by atoms with Crippen molar-refractivity contribution < 1.29 is 55.1 Å². The maximum atomic E-state index is 11.6. The summed E-state index contributed by atoms with van der Waals surface area (Å²) < 4.78 is 10.0. The molecule has 0 aliphatic carbocycles. The van der Waals surface area contributed by atoms with Gasteiger partial charge in [-0.3, -0.25) is 4.79 Å². The van der Waals surface area contributed by atoms with Crippen LogP contribution in [-0.2, 0) is 14.3 Å². The van der Waals surface area contributed by atoms with E-state index in [1.54, 1.807) is 0 Å². The molecule has 0 amide bonds. The first kappa shape index (κ1) is 20.3. The fourth-order valence-electron chi connectivity index (χ4n) is 2.07. The van der Waals surface area contributed by atoms with Gasteiger partial charge in [0.1, 0.15) is 49.3 Å². The first-order chi connectivity index (χ1) is 10.8. The van der Waals surface area contributed by atoms with Gasteiger partial charge in [0.25, 0.3) is 0 Å².